The smallest absolute Gasteiger partial charge is 0.301 e. The number of phosphoric acid groups is 1. The van der Waals surface area contributed by atoms with Crippen LogP contribution in [0.25, 0.3) is 0 Å². The Morgan fingerprint density at radius 3 is 1.83 bits per heavy atom. The normalized spacial score (nSPS) is 10.1. The molecule has 0 unspecified atom stereocenters. The Balaban J connectivity index is 0. The average molecular weight is 214 g/mol. The first-order chi connectivity index (χ1) is 5.33. The Hall–Kier alpha value is 0.0269. The van der Waals surface area contributed by atoms with Gasteiger partial charge in [-0.25, -0.2) is 9.45 Å². The fourth-order valence-electron chi connectivity index (χ4n) is 0.0971. The molecule has 0 amide bonds. The Labute approximate surface area is 75.0 Å². The lowest BCUT2D eigenvalue weighted by Crippen LogP contribution is -1.83. The van der Waals surface area contributed by atoms with Crippen molar-refractivity contribution in [1.29, 1.82) is 0 Å². The lowest BCUT2D eigenvalue weighted by atomic mass is 10.4. The molecule has 0 atom stereocenters. The maximum Gasteiger partial charge on any atom is 0.496 e. The predicted octanol–water partition coefficient (Wildman–Crippen LogP) is -0.0674. The molecule has 0 saturated heterocycles. The van der Waals surface area contributed by atoms with E-state index in [0.29, 0.717) is 0 Å². The Morgan fingerprint density at radius 1 is 1.50 bits per heavy atom. The van der Waals surface area contributed by atoms with Crippen LogP contribution in [0.15, 0.2) is 11.3 Å². The van der Waals surface area contributed by atoms with Gasteiger partial charge in [-0.15, -0.1) is 10.4 Å². The summed E-state index contributed by atoms with van der Waals surface area (Å²) in [5.74, 6) is 0. The lowest BCUT2D eigenvalue weighted by Gasteiger charge is -1.96. The molecule has 2 N–H and O–H groups in total. The van der Waals surface area contributed by atoms with Crippen molar-refractivity contribution >= 4 is 18.1 Å². The van der Waals surface area contributed by atoms with E-state index in [0.717, 1.165) is 7.11 Å². The molecule has 0 aliphatic rings. The maximum atomic E-state index is 9.58. The number of hydrogen-bond donors (Lipinski definition) is 2. The summed E-state index contributed by atoms with van der Waals surface area (Å²) in [5.41, 5.74) is 3.66. The van der Waals surface area contributed by atoms with Crippen molar-refractivity contribution in [3.8, 4) is 0 Å². The fourth-order valence-corrected chi connectivity index (χ4v) is 0.291. The summed E-state index contributed by atoms with van der Waals surface area (Å²) in [6.07, 6.45) is 0. The lowest BCUT2D eigenvalue weighted by molar-refractivity contribution is -0.195. The highest BCUT2D eigenvalue weighted by atomic mass is 31.2. The van der Waals surface area contributed by atoms with Crippen molar-refractivity contribution in [1.82, 2.24) is 0 Å². The van der Waals surface area contributed by atoms with Crippen LogP contribution in [0.5, 0.6) is 0 Å². The van der Waals surface area contributed by atoms with Gasteiger partial charge >= 0.3 is 7.82 Å². The minimum absolute atomic E-state index is 1.01. The first-order valence-electron chi connectivity index (χ1n) is 3.21. The third-order valence-corrected chi connectivity index (χ3v) is 2.25. The molecule has 0 aromatic rings. The molecule has 7 heteroatoms. The molecule has 12 heavy (non-hydrogen) atoms. The van der Waals surface area contributed by atoms with Crippen molar-refractivity contribution in [2.45, 2.75) is 13.8 Å². The molecule has 0 saturated carbocycles. The molecule has 0 radical (unpaired) electrons. The van der Waals surface area contributed by atoms with Gasteiger partial charge in [0.25, 0.3) is 0 Å². The molecule has 0 aliphatic heterocycles. The van der Waals surface area contributed by atoms with Crippen LogP contribution in [-0.2, 0) is 14.1 Å². The van der Waals surface area contributed by atoms with Gasteiger partial charge < -0.3 is 9.79 Å². The minimum atomic E-state index is -4.39. The van der Waals surface area contributed by atoms with Crippen LogP contribution in [0.2, 0.25) is 0 Å². The zero-order valence-corrected chi connectivity index (χ0v) is 10.5. The molecule has 0 aromatic heterocycles. The summed E-state index contributed by atoms with van der Waals surface area (Å²) in [7, 11) is -2.16. The van der Waals surface area contributed by atoms with Crippen molar-refractivity contribution in [2.75, 3.05) is 7.11 Å². The van der Waals surface area contributed by atoms with Gasteiger partial charge in [-0.3, -0.25) is 0 Å². The molecule has 74 valence electrons. The highest BCUT2D eigenvalue weighted by Gasteiger charge is 2.12. The minimum Gasteiger partial charge on any atom is -0.301 e. The van der Waals surface area contributed by atoms with Crippen LogP contribution in [0.1, 0.15) is 13.8 Å². The van der Waals surface area contributed by atoms with Gasteiger partial charge in [0.15, 0.2) is 0 Å². The Morgan fingerprint density at radius 2 is 1.83 bits per heavy atom. The maximum absolute atomic E-state index is 9.58. The van der Waals surface area contributed by atoms with Crippen LogP contribution in [0, 0.1) is 0 Å². The molecule has 0 aromatic carbocycles. The fraction of sp³-hybridized carbons (Fsp3) is 0.600. The molecule has 0 heterocycles. The van der Waals surface area contributed by atoms with Gasteiger partial charge in [0.1, 0.15) is 0 Å². The Kier molecular flexibility index (Phi) is 9.29. The second-order valence-electron chi connectivity index (χ2n) is 2.10. The standard InChI is InChI=1S/C4H10Si.CH5O5P/c1-4(2)3-5;1-5-6-7(2,3)4/h3H,1-2,5H3;1H3,(H2,2,3,4). The van der Waals surface area contributed by atoms with Gasteiger partial charge in [-0.1, -0.05) is 5.57 Å². The van der Waals surface area contributed by atoms with E-state index in [9.17, 15) is 4.57 Å². The quantitative estimate of drug-likeness (QED) is 0.291. The number of hydrogen-bond acceptors (Lipinski definition) is 3. The zero-order valence-electron chi connectivity index (χ0n) is 7.64. The van der Waals surface area contributed by atoms with Crippen molar-refractivity contribution in [3.05, 3.63) is 11.3 Å². The van der Waals surface area contributed by atoms with Gasteiger partial charge in [0.05, 0.1) is 7.11 Å². The second-order valence-corrected chi connectivity index (χ2v) is 3.81. The van der Waals surface area contributed by atoms with E-state index in [1.807, 2.05) is 0 Å². The third-order valence-electron chi connectivity index (χ3n) is 0.749. The van der Waals surface area contributed by atoms with Crippen LogP contribution in [0.3, 0.4) is 0 Å². The summed E-state index contributed by atoms with van der Waals surface area (Å²) in [5, 5.41) is 0. The van der Waals surface area contributed by atoms with Gasteiger partial charge in [0.2, 0.25) is 0 Å². The van der Waals surface area contributed by atoms with Gasteiger partial charge in [-0.2, -0.15) is 0 Å². The van der Waals surface area contributed by atoms with Crippen molar-refractivity contribution in [3.63, 3.8) is 0 Å². The third kappa shape index (κ3) is 22.5. The van der Waals surface area contributed by atoms with Gasteiger partial charge in [0, 0.05) is 10.2 Å². The largest absolute Gasteiger partial charge is 0.496 e. The second kappa shape index (κ2) is 7.66. The molecule has 0 spiro atoms. The molecule has 0 bridgehead atoms. The highest BCUT2D eigenvalue weighted by molar-refractivity contribution is 7.46. The average Bonchev–Trinajstić information content (AvgIpc) is 1.86. The summed E-state index contributed by atoms with van der Waals surface area (Å²) in [4.78, 5) is 19.2. The van der Waals surface area contributed by atoms with E-state index in [-0.39, 0.29) is 0 Å². The molecule has 0 fully saturated rings. The number of allylic oxidation sites excluding steroid dienone is 1. The number of rotatable bonds is 2. The van der Waals surface area contributed by atoms with Crippen LogP contribution in [0.4, 0.5) is 0 Å². The SMILES string of the molecule is CC(C)=C[SiH3].COOP(=O)(O)O. The highest BCUT2D eigenvalue weighted by Crippen LogP contribution is 2.35. The first-order valence-corrected chi connectivity index (χ1v) is 5.89. The molecule has 0 rings (SSSR count). The van der Waals surface area contributed by atoms with Crippen molar-refractivity contribution in [2.24, 2.45) is 0 Å². The summed E-state index contributed by atoms with van der Waals surface area (Å²) < 4.78 is 13.0. The monoisotopic (exact) mass is 214 g/mol. The van der Waals surface area contributed by atoms with E-state index >= 15 is 0 Å². The van der Waals surface area contributed by atoms with E-state index < -0.39 is 7.82 Å². The molecular weight excluding hydrogens is 199 g/mol. The van der Waals surface area contributed by atoms with E-state index in [2.05, 4.69) is 29.1 Å². The van der Waals surface area contributed by atoms with Crippen LogP contribution < -0.4 is 0 Å². The van der Waals surface area contributed by atoms with Crippen molar-refractivity contribution < 1.29 is 23.9 Å². The molecular formula is C5H15O5PSi. The first kappa shape index (κ1) is 14.5. The van der Waals surface area contributed by atoms with Gasteiger partial charge in [-0.05, 0) is 13.8 Å². The van der Waals surface area contributed by atoms with E-state index in [1.165, 1.54) is 15.8 Å². The Bertz CT molecular complexity index is 171. The van der Waals surface area contributed by atoms with Crippen LogP contribution in [-0.4, -0.2) is 27.1 Å². The summed E-state index contributed by atoms with van der Waals surface area (Å²) in [6.45, 7) is 4.24. The molecule has 0 aliphatic carbocycles. The predicted molar refractivity (Wildman–Crippen MR) is 49.5 cm³/mol. The summed E-state index contributed by atoms with van der Waals surface area (Å²) in [6, 6.07) is 0. The topological polar surface area (TPSA) is 76.0 Å². The van der Waals surface area contributed by atoms with E-state index in [1.54, 1.807) is 0 Å². The summed E-state index contributed by atoms with van der Waals surface area (Å²) >= 11 is 0. The van der Waals surface area contributed by atoms with E-state index in [4.69, 9.17) is 9.79 Å². The zero-order chi connectivity index (χ0) is 10.2. The molecule has 5 nitrogen and oxygen atoms in total. The van der Waals surface area contributed by atoms with Crippen LogP contribution >= 0.6 is 7.82 Å².